The molecule has 0 saturated carbocycles. The summed E-state index contributed by atoms with van der Waals surface area (Å²) in [5.74, 6) is -1.00. The largest absolute Gasteiger partial charge is 0.466 e. The van der Waals surface area contributed by atoms with Gasteiger partial charge in [-0.3, -0.25) is 0 Å². The minimum absolute atomic E-state index is 0.291. The van der Waals surface area contributed by atoms with E-state index in [1.165, 1.54) is 25.3 Å². The number of ether oxygens (including phenoxy) is 1. The molecule has 0 saturated heterocycles. The first-order valence-electron chi connectivity index (χ1n) is 3.84. The van der Waals surface area contributed by atoms with Crippen molar-refractivity contribution < 1.29 is 13.9 Å². The zero-order chi connectivity index (χ0) is 10.6. The number of methoxy groups -OCH3 is 1. The van der Waals surface area contributed by atoms with Gasteiger partial charge >= 0.3 is 5.97 Å². The van der Waals surface area contributed by atoms with Crippen LogP contribution in [0.4, 0.5) is 4.39 Å². The molecule has 0 aromatic heterocycles. The lowest BCUT2D eigenvalue weighted by atomic mass is 10.2. The highest BCUT2D eigenvalue weighted by Gasteiger charge is 1.99. The molecule has 0 bridgehead atoms. The standard InChI is InChI=1S/C10H8ClFO2/c1-14-10(13)5-3-7-2-4-8(11)6-9(7)12/h2-6H,1H3/b5-3+. The lowest BCUT2D eigenvalue weighted by Gasteiger charge is -1.96. The quantitative estimate of drug-likeness (QED) is 0.559. The van der Waals surface area contributed by atoms with Gasteiger partial charge in [0.25, 0.3) is 0 Å². The van der Waals surface area contributed by atoms with Gasteiger partial charge in [-0.15, -0.1) is 0 Å². The van der Waals surface area contributed by atoms with E-state index in [9.17, 15) is 9.18 Å². The molecule has 0 heterocycles. The summed E-state index contributed by atoms with van der Waals surface area (Å²) in [6.07, 6.45) is 2.48. The lowest BCUT2D eigenvalue weighted by Crippen LogP contribution is -1.93. The molecule has 0 aliphatic carbocycles. The molecular formula is C10H8ClFO2. The normalized spacial score (nSPS) is 10.5. The molecule has 2 nitrogen and oxygen atoms in total. The summed E-state index contributed by atoms with van der Waals surface area (Å²) in [5.41, 5.74) is 0.291. The van der Waals surface area contributed by atoms with E-state index >= 15 is 0 Å². The van der Waals surface area contributed by atoms with Crippen LogP contribution in [-0.4, -0.2) is 13.1 Å². The molecule has 1 rings (SSSR count). The Labute approximate surface area is 85.9 Å². The Hall–Kier alpha value is -1.35. The highest BCUT2D eigenvalue weighted by Crippen LogP contribution is 2.15. The Balaban J connectivity index is 2.87. The van der Waals surface area contributed by atoms with Crippen LogP contribution in [0, 0.1) is 5.82 Å². The summed E-state index contributed by atoms with van der Waals surface area (Å²) in [7, 11) is 1.25. The number of benzene rings is 1. The van der Waals surface area contributed by atoms with Crippen LogP contribution in [0.2, 0.25) is 5.02 Å². The topological polar surface area (TPSA) is 26.3 Å². The third kappa shape index (κ3) is 2.85. The van der Waals surface area contributed by atoms with E-state index in [1.54, 1.807) is 6.07 Å². The SMILES string of the molecule is COC(=O)/C=C/c1ccc(Cl)cc1F. The predicted molar refractivity (Wildman–Crippen MR) is 52.5 cm³/mol. The number of carbonyl (C=O) groups excluding carboxylic acids is 1. The average Bonchev–Trinajstić information content (AvgIpc) is 2.16. The van der Waals surface area contributed by atoms with Crippen molar-refractivity contribution >= 4 is 23.6 Å². The summed E-state index contributed by atoms with van der Waals surface area (Å²) in [6.45, 7) is 0. The Morgan fingerprint density at radius 2 is 2.29 bits per heavy atom. The number of esters is 1. The van der Waals surface area contributed by atoms with Crippen LogP contribution >= 0.6 is 11.6 Å². The molecule has 1 aromatic rings. The number of hydrogen-bond donors (Lipinski definition) is 0. The molecule has 0 spiro atoms. The van der Waals surface area contributed by atoms with Gasteiger partial charge in [0, 0.05) is 16.7 Å². The molecule has 4 heteroatoms. The second-order valence-electron chi connectivity index (χ2n) is 2.52. The molecule has 0 unspecified atom stereocenters. The van der Waals surface area contributed by atoms with Crippen molar-refractivity contribution in [1.82, 2.24) is 0 Å². The maximum absolute atomic E-state index is 13.1. The number of rotatable bonds is 2. The number of halogens is 2. The van der Waals surface area contributed by atoms with Crippen molar-refractivity contribution in [1.29, 1.82) is 0 Å². The zero-order valence-electron chi connectivity index (χ0n) is 7.46. The summed E-state index contributed by atoms with van der Waals surface area (Å²) in [6, 6.07) is 4.21. The highest BCUT2D eigenvalue weighted by atomic mass is 35.5. The zero-order valence-corrected chi connectivity index (χ0v) is 8.22. The van der Waals surface area contributed by atoms with Gasteiger partial charge in [-0.2, -0.15) is 0 Å². The van der Waals surface area contributed by atoms with Crippen LogP contribution in [0.5, 0.6) is 0 Å². The van der Waals surface area contributed by atoms with Crippen LogP contribution in [0.3, 0.4) is 0 Å². The van der Waals surface area contributed by atoms with Crippen LogP contribution in [0.1, 0.15) is 5.56 Å². The van der Waals surface area contributed by atoms with Crippen LogP contribution in [-0.2, 0) is 9.53 Å². The molecule has 1 aromatic carbocycles. The monoisotopic (exact) mass is 214 g/mol. The average molecular weight is 215 g/mol. The van der Waals surface area contributed by atoms with E-state index in [1.807, 2.05) is 0 Å². The second-order valence-corrected chi connectivity index (χ2v) is 2.96. The fourth-order valence-electron chi connectivity index (χ4n) is 0.863. The van der Waals surface area contributed by atoms with Gasteiger partial charge in [-0.05, 0) is 18.2 Å². The minimum Gasteiger partial charge on any atom is -0.466 e. The minimum atomic E-state index is -0.528. The highest BCUT2D eigenvalue weighted by molar-refractivity contribution is 6.30. The maximum atomic E-state index is 13.1. The molecule has 0 fully saturated rings. The molecule has 0 amide bonds. The van der Waals surface area contributed by atoms with Gasteiger partial charge in [-0.1, -0.05) is 17.7 Å². The van der Waals surface area contributed by atoms with E-state index in [4.69, 9.17) is 11.6 Å². The van der Waals surface area contributed by atoms with Gasteiger partial charge in [0.2, 0.25) is 0 Å². The third-order valence-corrected chi connectivity index (χ3v) is 1.80. The van der Waals surface area contributed by atoms with E-state index in [-0.39, 0.29) is 0 Å². The van der Waals surface area contributed by atoms with Crippen molar-refractivity contribution in [2.45, 2.75) is 0 Å². The first kappa shape index (κ1) is 10.7. The Bertz CT molecular complexity index is 374. The maximum Gasteiger partial charge on any atom is 0.330 e. The summed E-state index contributed by atoms with van der Waals surface area (Å²) in [4.78, 5) is 10.7. The molecule has 14 heavy (non-hydrogen) atoms. The first-order chi connectivity index (χ1) is 6.63. The molecule has 74 valence electrons. The van der Waals surface area contributed by atoms with E-state index < -0.39 is 11.8 Å². The summed E-state index contributed by atoms with van der Waals surface area (Å²) in [5, 5.41) is 0.317. The molecular weight excluding hydrogens is 207 g/mol. The Kier molecular flexibility index (Phi) is 3.65. The molecule has 0 atom stereocenters. The van der Waals surface area contributed by atoms with E-state index in [0.717, 1.165) is 6.08 Å². The summed E-state index contributed by atoms with van der Waals surface area (Å²) >= 11 is 5.55. The van der Waals surface area contributed by atoms with Gasteiger partial charge < -0.3 is 4.74 Å². The van der Waals surface area contributed by atoms with Gasteiger partial charge in [0.1, 0.15) is 5.82 Å². The Morgan fingerprint density at radius 1 is 1.57 bits per heavy atom. The van der Waals surface area contributed by atoms with E-state index in [2.05, 4.69) is 4.74 Å². The number of carbonyl (C=O) groups is 1. The van der Waals surface area contributed by atoms with Gasteiger partial charge in [0.05, 0.1) is 7.11 Å². The van der Waals surface area contributed by atoms with Crippen molar-refractivity contribution in [2.24, 2.45) is 0 Å². The fraction of sp³-hybridized carbons (Fsp3) is 0.100. The predicted octanol–water partition coefficient (Wildman–Crippen LogP) is 2.67. The lowest BCUT2D eigenvalue weighted by molar-refractivity contribution is -0.134. The second kappa shape index (κ2) is 4.77. The van der Waals surface area contributed by atoms with E-state index in [0.29, 0.717) is 10.6 Å². The van der Waals surface area contributed by atoms with Crippen molar-refractivity contribution in [2.75, 3.05) is 7.11 Å². The van der Waals surface area contributed by atoms with Crippen molar-refractivity contribution in [3.8, 4) is 0 Å². The van der Waals surface area contributed by atoms with Crippen molar-refractivity contribution in [3.63, 3.8) is 0 Å². The van der Waals surface area contributed by atoms with Crippen LogP contribution < -0.4 is 0 Å². The molecule has 0 aliphatic rings. The first-order valence-corrected chi connectivity index (χ1v) is 4.22. The molecule has 0 N–H and O–H groups in total. The molecule has 0 radical (unpaired) electrons. The van der Waals surface area contributed by atoms with Gasteiger partial charge in [-0.25, -0.2) is 9.18 Å². The van der Waals surface area contributed by atoms with Crippen LogP contribution in [0.25, 0.3) is 6.08 Å². The van der Waals surface area contributed by atoms with Crippen molar-refractivity contribution in [3.05, 3.63) is 40.7 Å². The third-order valence-electron chi connectivity index (χ3n) is 1.56. The fourth-order valence-corrected chi connectivity index (χ4v) is 1.02. The molecule has 0 aliphatic heterocycles. The number of hydrogen-bond acceptors (Lipinski definition) is 2. The smallest absolute Gasteiger partial charge is 0.330 e. The van der Waals surface area contributed by atoms with Gasteiger partial charge in [0.15, 0.2) is 0 Å². The summed E-state index contributed by atoms with van der Waals surface area (Å²) < 4.78 is 17.5. The Morgan fingerprint density at radius 3 is 2.86 bits per heavy atom. The van der Waals surface area contributed by atoms with Crippen LogP contribution in [0.15, 0.2) is 24.3 Å².